The Hall–Kier alpha value is -3.59. The number of rotatable bonds is 6. The van der Waals surface area contributed by atoms with E-state index >= 15 is 0 Å². The lowest BCUT2D eigenvalue weighted by Gasteiger charge is -2.08. The zero-order valence-electron chi connectivity index (χ0n) is 15.9. The van der Waals surface area contributed by atoms with Crippen molar-refractivity contribution in [2.24, 2.45) is 0 Å². The molecule has 0 saturated heterocycles. The van der Waals surface area contributed by atoms with Gasteiger partial charge >= 0.3 is 0 Å². The number of nitrogens with two attached hydrogens (primary N) is 1. The monoisotopic (exact) mass is 405 g/mol. The SMILES string of the molecule is CSc1nc(N)cc(Oc2ccc(Nc3nnc(-c4cccc(C)c4)[nH]3)cc2)n1. The number of benzene rings is 2. The van der Waals surface area contributed by atoms with Gasteiger partial charge in [0.05, 0.1) is 0 Å². The molecule has 146 valence electrons. The third-order valence-electron chi connectivity index (χ3n) is 4.00. The summed E-state index contributed by atoms with van der Waals surface area (Å²) in [6.07, 6.45) is 1.88. The van der Waals surface area contributed by atoms with Crippen molar-refractivity contribution in [3.05, 3.63) is 60.2 Å². The zero-order chi connectivity index (χ0) is 20.2. The van der Waals surface area contributed by atoms with Crippen LogP contribution in [0.2, 0.25) is 0 Å². The molecule has 0 aliphatic rings. The van der Waals surface area contributed by atoms with Gasteiger partial charge in [0, 0.05) is 17.3 Å². The van der Waals surface area contributed by atoms with E-state index < -0.39 is 0 Å². The molecule has 0 radical (unpaired) electrons. The Bertz CT molecular complexity index is 1130. The van der Waals surface area contributed by atoms with Gasteiger partial charge < -0.3 is 20.8 Å². The molecule has 2 heterocycles. The van der Waals surface area contributed by atoms with E-state index in [1.165, 1.54) is 17.3 Å². The third-order valence-corrected chi connectivity index (χ3v) is 4.55. The highest BCUT2D eigenvalue weighted by atomic mass is 32.2. The Morgan fingerprint density at radius 3 is 2.62 bits per heavy atom. The highest BCUT2D eigenvalue weighted by Crippen LogP contribution is 2.25. The van der Waals surface area contributed by atoms with Crippen LogP contribution < -0.4 is 15.8 Å². The van der Waals surface area contributed by atoms with Crippen LogP contribution in [0.5, 0.6) is 11.6 Å². The number of nitrogens with one attached hydrogen (secondary N) is 2. The van der Waals surface area contributed by atoms with Gasteiger partial charge in [-0.2, -0.15) is 4.98 Å². The number of anilines is 3. The van der Waals surface area contributed by atoms with Gasteiger partial charge in [-0.05, 0) is 43.5 Å². The topological polar surface area (TPSA) is 115 Å². The van der Waals surface area contributed by atoms with Crippen molar-refractivity contribution in [2.75, 3.05) is 17.3 Å². The molecule has 9 heteroatoms. The Labute approximate surface area is 172 Å². The molecule has 0 aliphatic carbocycles. The Balaban J connectivity index is 1.44. The summed E-state index contributed by atoms with van der Waals surface area (Å²) in [6.45, 7) is 2.04. The van der Waals surface area contributed by atoms with Crippen LogP contribution in [-0.2, 0) is 0 Å². The molecular formula is C20H19N7OS. The Morgan fingerprint density at radius 1 is 1.03 bits per heavy atom. The largest absolute Gasteiger partial charge is 0.439 e. The minimum Gasteiger partial charge on any atom is -0.439 e. The van der Waals surface area contributed by atoms with Crippen LogP contribution >= 0.6 is 11.8 Å². The van der Waals surface area contributed by atoms with Crippen molar-refractivity contribution < 1.29 is 4.74 Å². The zero-order valence-corrected chi connectivity index (χ0v) is 16.7. The standard InChI is InChI=1S/C20H19N7OS/c1-12-4-3-5-13(10-12)18-25-19(27-26-18)22-14-6-8-15(9-7-14)28-17-11-16(21)23-20(24-17)29-2/h3-11H,1-2H3,(H2,21,23,24)(H2,22,25,26,27). The van der Waals surface area contributed by atoms with Gasteiger partial charge in [-0.3, -0.25) is 0 Å². The van der Waals surface area contributed by atoms with E-state index in [-0.39, 0.29) is 0 Å². The lowest BCUT2D eigenvalue weighted by atomic mass is 10.1. The van der Waals surface area contributed by atoms with Crippen LogP contribution in [0.25, 0.3) is 11.4 Å². The molecule has 2 aromatic carbocycles. The number of thioether (sulfide) groups is 1. The fourth-order valence-electron chi connectivity index (χ4n) is 2.67. The van der Waals surface area contributed by atoms with Crippen molar-refractivity contribution in [1.82, 2.24) is 25.1 Å². The number of aromatic nitrogens is 5. The number of hydrogen-bond donors (Lipinski definition) is 3. The molecule has 2 aromatic heterocycles. The number of nitrogen functional groups attached to an aromatic ring is 1. The van der Waals surface area contributed by atoms with Crippen molar-refractivity contribution in [1.29, 1.82) is 0 Å². The minimum atomic E-state index is 0.368. The first-order valence-corrected chi connectivity index (χ1v) is 10.0. The van der Waals surface area contributed by atoms with E-state index in [1.54, 1.807) is 6.07 Å². The maximum atomic E-state index is 5.78. The highest BCUT2D eigenvalue weighted by molar-refractivity contribution is 7.98. The van der Waals surface area contributed by atoms with E-state index in [1.807, 2.05) is 55.6 Å². The smallest absolute Gasteiger partial charge is 0.226 e. The maximum Gasteiger partial charge on any atom is 0.226 e. The molecule has 0 unspecified atom stereocenters. The van der Waals surface area contributed by atoms with Crippen molar-refractivity contribution >= 4 is 29.2 Å². The fraction of sp³-hybridized carbons (Fsp3) is 0.100. The Kier molecular flexibility index (Phi) is 5.30. The van der Waals surface area contributed by atoms with Gasteiger partial charge in [0.15, 0.2) is 11.0 Å². The van der Waals surface area contributed by atoms with Gasteiger partial charge in [0.2, 0.25) is 11.8 Å². The average molecular weight is 405 g/mol. The Morgan fingerprint density at radius 2 is 1.86 bits per heavy atom. The van der Waals surface area contributed by atoms with E-state index in [2.05, 4.69) is 36.5 Å². The highest BCUT2D eigenvalue weighted by Gasteiger charge is 2.07. The van der Waals surface area contributed by atoms with Crippen LogP contribution in [0.3, 0.4) is 0 Å². The average Bonchev–Trinajstić information content (AvgIpc) is 3.17. The molecule has 0 atom stereocenters. The van der Waals surface area contributed by atoms with Gasteiger partial charge in [-0.25, -0.2) is 4.98 Å². The molecule has 29 heavy (non-hydrogen) atoms. The number of ether oxygens (including phenoxy) is 1. The molecular weight excluding hydrogens is 386 g/mol. The number of aryl methyl sites for hydroxylation is 1. The quantitative estimate of drug-likeness (QED) is 0.319. The normalized spacial score (nSPS) is 10.7. The fourth-order valence-corrected chi connectivity index (χ4v) is 3.05. The molecule has 8 nitrogen and oxygen atoms in total. The summed E-state index contributed by atoms with van der Waals surface area (Å²) in [6, 6.07) is 17.1. The molecule has 4 aromatic rings. The third kappa shape index (κ3) is 4.64. The summed E-state index contributed by atoms with van der Waals surface area (Å²) in [5.74, 6) is 2.68. The maximum absolute atomic E-state index is 5.78. The first-order chi connectivity index (χ1) is 14.1. The number of aromatic amines is 1. The summed E-state index contributed by atoms with van der Waals surface area (Å²) >= 11 is 1.40. The molecule has 0 bridgehead atoms. The molecule has 4 N–H and O–H groups in total. The van der Waals surface area contributed by atoms with Gasteiger partial charge in [0.1, 0.15) is 11.6 Å². The minimum absolute atomic E-state index is 0.368. The van der Waals surface area contributed by atoms with E-state index in [4.69, 9.17) is 10.5 Å². The molecule has 0 spiro atoms. The van der Waals surface area contributed by atoms with Gasteiger partial charge in [-0.15, -0.1) is 10.2 Å². The van der Waals surface area contributed by atoms with E-state index in [0.717, 1.165) is 11.3 Å². The van der Waals surface area contributed by atoms with E-state index in [9.17, 15) is 0 Å². The second-order valence-corrected chi connectivity index (χ2v) is 7.03. The summed E-state index contributed by atoms with van der Waals surface area (Å²) in [4.78, 5) is 11.6. The van der Waals surface area contributed by atoms with Crippen LogP contribution in [0, 0.1) is 6.92 Å². The van der Waals surface area contributed by atoms with Crippen LogP contribution in [-0.4, -0.2) is 31.4 Å². The summed E-state index contributed by atoms with van der Waals surface area (Å²) in [5.41, 5.74) is 8.78. The molecule has 0 aliphatic heterocycles. The van der Waals surface area contributed by atoms with Crippen LogP contribution in [0.15, 0.2) is 59.8 Å². The van der Waals surface area contributed by atoms with Crippen LogP contribution in [0.1, 0.15) is 5.56 Å². The second-order valence-electron chi connectivity index (χ2n) is 6.26. The van der Waals surface area contributed by atoms with Crippen molar-refractivity contribution in [3.63, 3.8) is 0 Å². The molecule has 0 saturated carbocycles. The van der Waals surface area contributed by atoms with Crippen molar-refractivity contribution in [3.8, 4) is 23.0 Å². The molecule has 0 amide bonds. The van der Waals surface area contributed by atoms with E-state index in [0.29, 0.717) is 34.4 Å². The molecule has 4 rings (SSSR count). The summed E-state index contributed by atoms with van der Waals surface area (Å²) in [5, 5.41) is 12.1. The first-order valence-electron chi connectivity index (χ1n) is 8.82. The lowest BCUT2D eigenvalue weighted by molar-refractivity contribution is 0.456. The summed E-state index contributed by atoms with van der Waals surface area (Å²) in [7, 11) is 0. The first kappa shape index (κ1) is 18.8. The van der Waals surface area contributed by atoms with Crippen LogP contribution in [0.4, 0.5) is 17.5 Å². The number of nitrogens with zero attached hydrogens (tertiary/aromatic N) is 4. The van der Waals surface area contributed by atoms with Gasteiger partial charge in [-0.1, -0.05) is 35.5 Å². The molecule has 0 fully saturated rings. The van der Waals surface area contributed by atoms with Gasteiger partial charge in [0.25, 0.3) is 0 Å². The second kappa shape index (κ2) is 8.19. The summed E-state index contributed by atoms with van der Waals surface area (Å²) < 4.78 is 5.77. The van der Waals surface area contributed by atoms with Crippen molar-refractivity contribution in [2.45, 2.75) is 12.1 Å². The predicted octanol–water partition coefficient (Wildman–Crippen LogP) is 4.41. The lowest BCUT2D eigenvalue weighted by Crippen LogP contribution is -1.97. The number of H-pyrrole nitrogens is 1. The predicted molar refractivity (Wildman–Crippen MR) is 115 cm³/mol. The number of hydrogen-bond acceptors (Lipinski definition) is 8.